The second-order valence-electron chi connectivity index (χ2n) is 5.48. The van der Waals surface area contributed by atoms with E-state index in [2.05, 4.69) is 37.4 Å². The van der Waals surface area contributed by atoms with Crippen molar-refractivity contribution in [1.29, 1.82) is 0 Å². The van der Waals surface area contributed by atoms with Crippen molar-refractivity contribution in [2.75, 3.05) is 12.3 Å². The molecule has 0 saturated carbocycles. The number of nitrogens with one attached hydrogen (secondary N) is 1. The van der Waals surface area contributed by atoms with Gasteiger partial charge < -0.3 is 10.1 Å². The van der Waals surface area contributed by atoms with Crippen molar-refractivity contribution in [3.05, 3.63) is 29.3 Å². The normalized spacial score (nSPS) is 10.6. The largest absolute Gasteiger partial charge is 0.463 e. The summed E-state index contributed by atoms with van der Waals surface area (Å²) in [5.41, 5.74) is 2.54. The van der Waals surface area contributed by atoms with E-state index in [9.17, 15) is 9.59 Å². The van der Waals surface area contributed by atoms with Crippen molar-refractivity contribution in [3.63, 3.8) is 0 Å². The number of rotatable bonds is 8. The monoisotopic (exact) mass is 323 g/mol. The highest BCUT2D eigenvalue weighted by atomic mass is 32.2. The molecule has 0 fully saturated rings. The van der Waals surface area contributed by atoms with Crippen LogP contribution in [0.1, 0.15) is 37.8 Å². The Bertz CT molecular complexity index is 515. The van der Waals surface area contributed by atoms with Crippen LogP contribution in [0.4, 0.5) is 0 Å². The predicted molar refractivity (Wildman–Crippen MR) is 90.1 cm³/mol. The Morgan fingerprint density at radius 1 is 1.18 bits per heavy atom. The van der Waals surface area contributed by atoms with Gasteiger partial charge in [0.1, 0.15) is 0 Å². The third-order valence-corrected chi connectivity index (χ3v) is 4.09. The molecule has 0 saturated heterocycles. The number of amides is 1. The zero-order valence-electron chi connectivity index (χ0n) is 13.8. The van der Waals surface area contributed by atoms with Crippen LogP contribution in [0.3, 0.4) is 0 Å². The molecule has 4 nitrogen and oxygen atoms in total. The Hall–Kier alpha value is -1.49. The average Bonchev–Trinajstić information content (AvgIpc) is 2.42. The predicted octanol–water partition coefficient (Wildman–Crippen LogP) is 3.24. The number of benzene rings is 1. The maximum absolute atomic E-state index is 11.7. The summed E-state index contributed by atoms with van der Waals surface area (Å²) in [7, 11) is 0. The van der Waals surface area contributed by atoms with Crippen LogP contribution in [-0.2, 0) is 14.3 Å². The van der Waals surface area contributed by atoms with Gasteiger partial charge in [-0.3, -0.25) is 9.59 Å². The van der Waals surface area contributed by atoms with Gasteiger partial charge in [-0.1, -0.05) is 6.07 Å². The molecule has 0 aliphatic heterocycles. The first-order valence-corrected chi connectivity index (χ1v) is 8.53. The molecule has 0 spiro atoms. The minimum atomic E-state index is -0.278. The molecule has 0 atom stereocenters. The first kappa shape index (κ1) is 18.6. The summed E-state index contributed by atoms with van der Waals surface area (Å²) in [5, 5.41) is 2.74. The van der Waals surface area contributed by atoms with Crippen LogP contribution in [0, 0.1) is 13.8 Å². The van der Waals surface area contributed by atoms with Gasteiger partial charge in [0, 0.05) is 23.6 Å². The summed E-state index contributed by atoms with van der Waals surface area (Å²) in [6.45, 7) is 8.11. The third kappa shape index (κ3) is 7.50. The Morgan fingerprint density at radius 3 is 2.55 bits per heavy atom. The number of carbonyl (C=O) groups excluding carboxylic acids is 2. The number of aryl methyl sites for hydroxylation is 2. The number of hydrogen-bond acceptors (Lipinski definition) is 4. The minimum absolute atomic E-state index is 0.0336. The molecule has 5 heteroatoms. The van der Waals surface area contributed by atoms with Crippen molar-refractivity contribution in [1.82, 2.24) is 5.32 Å². The van der Waals surface area contributed by atoms with Crippen LogP contribution >= 0.6 is 11.8 Å². The van der Waals surface area contributed by atoms with Gasteiger partial charge in [-0.2, -0.15) is 0 Å². The van der Waals surface area contributed by atoms with Crippen molar-refractivity contribution in [2.24, 2.45) is 0 Å². The SMILES string of the molecule is Cc1ccc(SCCC(=O)NCCC(=O)OC(C)C)cc1C. The van der Waals surface area contributed by atoms with Gasteiger partial charge in [-0.25, -0.2) is 0 Å². The molecule has 0 aromatic heterocycles. The third-order valence-electron chi connectivity index (χ3n) is 3.09. The zero-order chi connectivity index (χ0) is 16.5. The molecule has 0 radical (unpaired) electrons. The minimum Gasteiger partial charge on any atom is -0.463 e. The molecule has 22 heavy (non-hydrogen) atoms. The molecule has 0 heterocycles. The maximum atomic E-state index is 11.7. The van der Waals surface area contributed by atoms with E-state index in [4.69, 9.17) is 4.74 Å². The summed E-state index contributed by atoms with van der Waals surface area (Å²) in [4.78, 5) is 24.2. The van der Waals surface area contributed by atoms with Gasteiger partial charge in [-0.15, -0.1) is 11.8 Å². The maximum Gasteiger partial charge on any atom is 0.307 e. The topological polar surface area (TPSA) is 55.4 Å². The van der Waals surface area contributed by atoms with Crippen molar-refractivity contribution < 1.29 is 14.3 Å². The van der Waals surface area contributed by atoms with Gasteiger partial charge in [0.15, 0.2) is 0 Å². The highest BCUT2D eigenvalue weighted by Gasteiger charge is 2.07. The summed E-state index contributed by atoms with van der Waals surface area (Å²) in [6.07, 6.45) is 0.544. The fourth-order valence-corrected chi connectivity index (χ4v) is 2.73. The van der Waals surface area contributed by atoms with Gasteiger partial charge in [0.25, 0.3) is 0 Å². The van der Waals surface area contributed by atoms with Crippen LogP contribution in [0.2, 0.25) is 0 Å². The summed E-state index contributed by atoms with van der Waals surface area (Å²) in [5.74, 6) is 0.415. The van der Waals surface area contributed by atoms with Crippen molar-refractivity contribution in [2.45, 2.75) is 51.5 Å². The van der Waals surface area contributed by atoms with E-state index < -0.39 is 0 Å². The van der Waals surface area contributed by atoms with Gasteiger partial charge >= 0.3 is 5.97 Å². The fourth-order valence-electron chi connectivity index (χ4n) is 1.78. The van der Waals surface area contributed by atoms with Crippen LogP contribution < -0.4 is 5.32 Å². The Morgan fingerprint density at radius 2 is 1.91 bits per heavy atom. The van der Waals surface area contributed by atoms with Crippen molar-refractivity contribution >= 4 is 23.6 Å². The van der Waals surface area contributed by atoms with E-state index in [1.54, 1.807) is 25.6 Å². The van der Waals surface area contributed by atoms with Crippen LogP contribution in [0.25, 0.3) is 0 Å². The molecule has 0 aliphatic rings. The molecular weight excluding hydrogens is 298 g/mol. The first-order valence-electron chi connectivity index (χ1n) is 7.54. The lowest BCUT2D eigenvalue weighted by atomic mass is 10.1. The quantitative estimate of drug-likeness (QED) is 0.589. The van der Waals surface area contributed by atoms with E-state index in [1.165, 1.54) is 16.0 Å². The molecule has 0 unspecified atom stereocenters. The molecule has 1 rings (SSSR count). The molecule has 0 bridgehead atoms. The lowest BCUT2D eigenvalue weighted by molar-refractivity contribution is -0.147. The molecule has 1 N–H and O–H groups in total. The fraction of sp³-hybridized carbons (Fsp3) is 0.529. The van der Waals surface area contributed by atoms with E-state index in [-0.39, 0.29) is 24.4 Å². The molecule has 1 aromatic rings. The summed E-state index contributed by atoms with van der Waals surface area (Å²) >= 11 is 1.67. The van der Waals surface area contributed by atoms with E-state index in [0.717, 1.165) is 5.75 Å². The second-order valence-corrected chi connectivity index (χ2v) is 6.65. The van der Waals surface area contributed by atoms with Gasteiger partial charge in [0.2, 0.25) is 5.91 Å². The zero-order valence-corrected chi connectivity index (χ0v) is 14.6. The van der Waals surface area contributed by atoms with E-state index in [0.29, 0.717) is 13.0 Å². The lowest BCUT2D eigenvalue weighted by Crippen LogP contribution is -2.27. The summed E-state index contributed by atoms with van der Waals surface area (Å²) < 4.78 is 5.00. The van der Waals surface area contributed by atoms with E-state index in [1.807, 2.05) is 0 Å². The van der Waals surface area contributed by atoms with Gasteiger partial charge in [-0.05, 0) is 51.0 Å². The van der Waals surface area contributed by atoms with Crippen LogP contribution in [-0.4, -0.2) is 30.3 Å². The van der Waals surface area contributed by atoms with Crippen LogP contribution in [0.5, 0.6) is 0 Å². The number of carbonyl (C=O) groups is 2. The number of ether oxygens (including phenoxy) is 1. The smallest absolute Gasteiger partial charge is 0.307 e. The highest BCUT2D eigenvalue weighted by Crippen LogP contribution is 2.21. The standard InChI is InChI=1S/C17H25NO3S/c1-12(2)21-17(20)7-9-18-16(19)8-10-22-15-6-5-13(3)14(4)11-15/h5-6,11-12H,7-10H2,1-4H3,(H,18,19). The Kier molecular flexibility index (Phi) is 8.02. The molecular formula is C17H25NO3S. The first-order chi connectivity index (χ1) is 10.4. The van der Waals surface area contributed by atoms with Crippen molar-refractivity contribution in [3.8, 4) is 0 Å². The average molecular weight is 323 g/mol. The highest BCUT2D eigenvalue weighted by molar-refractivity contribution is 7.99. The van der Waals surface area contributed by atoms with Crippen LogP contribution in [0.15, 0.2) is 23.1 Å². The molecule has 1 aromatic carbocycles. The number of esters is 1. The van der Waals surface area contributed by atoms with Gasteiger partial charge in [0.05, 0.1) is 12.5 Å². The summed E-state index contributed by atoms with van der Waals surface area (Å²) in [6, 6.07) is 6.31. The Labute approximate surface area is 137 Å². The number of hydrogen-bond donors (Lipinski definition) is 1. The molecule has 1 amide bonds. The number of thioether (sulfide) groups is 1. The second kappa shape index (κ2) is 9.51. The van der Waals surface area contributed by atoms with E-state index >= 15 is 0 Å². The lowest BCUT2D eigenvalue weighted by Gasteiger charge is -2.08. The Balaban J connectivity index is 2.18. The molecule has 122 valence electrons. The molecule has 0 aliphatic carbocycles.